The number of fused-ring (bicyclic) bond motifs is 1. The monoisotopic (exact) mass is 335 g/mol. The second-order valence-electron chi connectivity index (χ2n) is 6.59. The molecule has 0 aliphatic rings. The third kappa shape index (κ3) is 4.41. The van der Waals surface area contributed by atoms with E-state index < -0.39 is 0 Å². The number of anilines is 1. The summed E-state index contributed by atoms with van der Waals surface area (Å²) in [7, 11) is 0. The minimum absolute atomic E-state index is 0.00720. The van der Waals surface area contributed by atoms with Gasteiger partial charge in [0.1, 0.15) is 0 Å². The van der Waals surface area contributed by atoms with Crippen molar-refractivity contribution in [3.63, 3.8) is 0 Å². The molecule has 0 spiro atoms. The predicted octanol–water partition coefficient (Wildman–Crippen LogP) is 4.06. The molecule has 0 aliphatic heterocycles. The van der Waals surface area contributed by atoms with E-state index in [1.165, 1.54) is 16.5 Å². The zero-order chi connectivity index (χ0) is 17.6. The number of hydrogen-bond donors (Lipinski definition) is 3. The molecule has 0 fully saturated rings. The molecule has 0 radical (unpaired) electrons. The molecule has 1 amide bonds. The lowest BCUT2D eigenvalue weighted by molar-refractivity contribution is -0.119. The fourth-order valence-corrected chi connectivity index (χ4v) is 2.91. The Labute approximate surface area is 148 Å². The highest BCUT2D eigenvalue weighted by Gasteiger charge is 2.05. The quantitative estimate of drug-likeness (QED) is 0.610. The topological polar surface area (TPSA) is 56.9 Å². The Morgan fingerprint density at radius 3 is 2.60 bits per heavy atom. The number of amides is 1. The van der Waals surface area contributed by atoms with Crippen LogP contribution in [-0.4, -0.2) is 24.0 Å². The van der Waals surface area contributed by atoms with Gasteiger partial charge in [-0.1, -0.05) is 44.2 Å². The minimum atomic E-state index is 0.00720. The van der Waals surface area contributed by atoms with Gasteiger partial charge >= 0.3 is 0 Å². The van der Waals surface area contributed by atoms with Gasteiger partial charge in [0.05, 0.1) is 6.54 Å². The molecule has 3 rings (SSSR count). The van der Waals surface area contributed by atoms with Gasteiger partial charge in [-0.15, -0.1) is 0 Å². The van der Waals surface area contributed by atoms with Crippen molar-refractivity contribution in [3.8, 4) is 0 Å². The molecule has 0 unspecified atom stereocenters. The summed E-state index contributed by atoms with van der Waals surface area (Å²) in [5.74, 6) is 0.523. The van der Waals surface area contributed by atoms with Crippen LogP contribution in [0.25, 0.3) is 10.9 Å². The largest absolute Gasteiger partial charge is 0.376 e. The molecule has 130 valence electrons. The van der Waals surface area contributed by atoms with E-state index in [1.807, 2.05) is 30.5 Å². The van der Waals surface area contributed by atoms with E-state index in [9.17, 15) is 4.79 Å². The van der Waals surface area contributed by atoms with Crippen LogP contribution in [0.5, 0.6) is 0 Å². The lowest BCUT2D eigenvalue weighted by atomic mass is 10.0. The second kappa shape index (κ2) is 7.88. The average Bonchev–Trinajstić information content (AvgIpc) is 3.04. The lowest BCUT2D eigenvalue weighted by Gasteiger charge is -2.09. The molecule has 3 aromatic rings. The zero-order valence-electron chi connectivity index (χ0n) is 14.8. The number of aromatic nitrogens is 1. The van der Waals surface area contributed by atoms with Crippen molar-refractivity contribution in [1.82, 2.24) is 10.3 Å². The summed E-state index contributed by atoms with van der Waals surface area (Å²) in [5, 5.41) is 7.36. The lowest BCUT2D eigenvalue weighted by Crippen LogP contribution is -2.31. The number of benzene rings is 2. The van der Waals surface area contributed by atoms with E-state index in [-0.39, 0.29) is 12.5 Å². The van der Waals surface area contributed by atoms with Crippen molar-refractivity contribution >= 4 is 22.5 Å². The first-order valence-electron chi connectivity index (χ1n) is 8.79. The number of rotatable bonds is 7. The maximum Gasteiger partial charge on any atom is 0.239 e. The number of carbonyl (C=O) groups is 1. The summed E-state index contributed by atoms with van der Waals surface area (Å²) in [6.07, 6.45) is 2.84. The molecule has 0 saturated heterocycles. The fourth-order valence-electron chi connectivity index (χ4n) is 2.91. The number of nitrogens with one attached hydrogen (secondary N) is 3. The van der Waals surface area contributed by atoms with Crippen LogP contribution in [-0.2, 0) is 11.2 Å². The van der Waals surface area contributed by atoms with Gasteiger partial charge in [-0.2, -0.15) is 0 Å². The summed E-state index contributed by atoms with van der Waals surface area (Å²) in [5.41, 5.74) is 4.63. The van der Waals surface area contributed by atoms with Gasteiger partial charge in [0.2, 0.25) is 5.91 Å². The summed E-state index contributed by atoms with van der Waals surface area (Å²) >= 11 is 0. The molecule has 2 aromatic carbocycles. The molecule has 3 N–H and O–H groups in total. The van der Waals surface area contributed by atoms with Gasteiger partial charge in [0.15, 0.2) is 0 Å². The molecule has 25 heavy (non-hydrogen) atoms. The van der Waals surface area contributed by atoms with E-state index in [1.54, 1.807) is 0 Å². The smallest absolute Gasteiger partial charge is 0.239 e. The predicted molar refractivity (Wildman–Crippen MR) is 104 cm³/mol. The standard InChI is InChI=1S/C21H25N3O/c1-15(2)16-7-9-18(10-8-16)23-14-21(25)22-12-11-17-13-24-20-6-4-3-5-19(17)20/h3-10,13,15,23-24H,11-12,14H2,1-2H3,(H,22,25). The maximum absolute atomic E-state index is 12.0. The molecule has 0 aliphatic carbocycles. The van der Waals surface area contributed by atoms with Crippen LogP contribution in [0.15, 0.2) is 54.7 Å². The second-order valence-corrected chi connectivity index (χ2v) is 6.59. The highest BCUT2D eigenvalue weighted by molar-refractivity contribution is 5.83. The normalized spacial score (nSPS) is 11.0. The first-order valence-corrected chi connectivity index (χ1v) is 8.79. The Bertz CT molecular complexity index is 834. The minimum Gasteiger partial charge on any atom is -0.376 e. The Morgan fingerprint density at radius 1 is 1.08 bits per heavy atom. The van der Waals surface area contributed by atoms with Crippen molar-refractivity contribution in [1.29, 1.82) is 0 Å². The Balaban J connectivity index is 1.43. The summed E-state index contributed by atoms with van der Waals surface area (Å²) in [6.45, 7) is 5.26. The van der Waals surface area contributed by atoms with Crippen LogP contribution in [0.4, 0.5) is 5.69 Å². The third-order valence-corrected chi connectivity index (χ3v) is 4.42. The number of hydrogen-bond acceptors (Lipinski definition) is 2. The molecule has 0 saturated carbocycles. The Morgan fingerprint density at radius 2 is 1.84 bits per heavy atom. The van der Waals surface area contributed by atoms with Crippen molar-refractivity contribution in [3.05, 3.63) is 65.9 Å². The molecule has 1 heterocycles. The molecule has 0 atom stereocenters. The summed E-state index contributed by atoms with van der Waals surface area (Å²) in [4.78, 5) is 15.3. The highest BCUT2D eigenvalue weighted by atomic mass is 16.1. The third-order valence-electron chi connectivity index (χ3n) is 4.42. The van der Waals surface area contributed by atoms with Crippen LogP contribution in [0.2, 0.25) is 0 Å². The van der Waals surface area contributed by atoms with Gasteiger partial charge in [0, 0.05) is 29.3 Å². The van der Waals surface area contributed by atoms with E-state index in [2.05, 4.69) is 53.7 Å². The Hall–Kier alpha value is -2.75. The van der Waals surface area contributed by atoms with Crippen LogP contribution < -0.4 is 10.6 Å². The number of H-pyrrole nitrogens is 1. The van der Waals surface area contributed by atoms with E-state index >= 15 is 0 Å². The summed E-state index contributed by atoms with van der Waals surface area (Å²) < 4.78 is 0. The van der Waals surface area contributed by atoms with Crippen molar-refractivity contribution in [2.45, 2.75) is 26.2 Å². The van der Waals surface area contributed by atoms with E-state index in [0.717, 1.165) is 17.6 Å². The molecular weight excluding hydrogens is 310 g/mol. The Kier molecular flexibility index (Phi) is 5.39. The number of carbonyl (C=O) groups excluding carboxylic acids is 1. The molecule has 0 bridgehead atoms. The first-order chi connectivity index (χ1) is 12.1. The van der Waals surface area contributed by atoms with Gasteiger partial charge in [0.25, 0.3) is 0 Å². The fraction of sp³-hybridized carbons (Fsp3) is 0.286. The maximum atomic E-state index is 12.0. The van der Waals surface area contributed by atoms with Gasteiger partial charge in [-0.05, 0) is 41.7 Å². The van der Waals surface area contributed by atoms with Gasteiger partial charge in [-0.25, -0.2) is 0 Å². The first kappa shape index (κ1) is 17.1. The van der Waals surface area contributed by atoms with Crippen molar-refractivity contribution < 1.29 is 4.79 Å². The number of aromatic amines is 1. The zero-order valence-corrected chi connectivity index (χ0v) is 14.8. The number of para-hydroxylation sites is 1. The highest BCUT2D eigenvalue weighted by Crippen LogP contribution is 2.18. The SMILES string of the molecule is CC(C)c1ccc(NCC(=O)NCCc2c[nH]c3ccccc23)cc1. The van der Waals surface area contributed by atoms with E-state index in [4.69, 9.17) is 0 Å². The van der Waals surface area contributed by atoms with Crippen molar-refractivity contribution in [2.75, 3.05) is 18.4 Å². The molecule has 1 aromatic heterocycles. The van der Waals surface area contributed by atoms with Gasteiger partial charge < -0.3 is 15.6 Å². The molecule has 4 heteroatoms. The van der Waals surface area contributed by atoms with Crippen molar-refractivity contribution in [2.24, 2.45) is 0 Å². The summed E-state index contributed by atoms with van der Waals surface area (Å²) in [6, 6.07) is 16.5. The molecule has 4 nitrogen and oxygen atoms in total. The van der Waals surface area contributed by atoms with Crippen LogP contribution in [0, 0.1) is 0 Å². The van der Waals surface area contributed by atoms with E-state index in [0.29, 0.717) is 12.5 Å². The van der Waals surface area contributed by atoms with Crippen LogP contribution in [0.1, 0.15) is 30.9 Å². The van der Waals surface area contributed by atoms with Crippen LogP contribution in [0.3, 0.4) is 0 Å². The van der Waals surface area contributed by atoms with Crippen LogP contribution >= 0.6 is 0 Å². The molecular formula is C21H25N3O. The average molecular weight is 335 g/mol. The van der Waals surface area contributed by atoms with Gasteiger partial charge in [-0.3, -0.25) is 4.79 Å².